The highest BCUT2D eigenvalue weighted by Crippen LogP contribution is 2.40. The zero-order chi connectivity index (χ0) is 27.7. The predicted octanol–water partition coefficient (Wildman–Crippen LogP) is 4.37. The third-order valence-corrected chi connectivity index (χ3v) is 5.76. The van der Waals surface area contributed by atoms with Crippen molar-refractivity contribution >= 4 is 0 Å². The molecule has 4 rings (SSSR count). The van der Waals surface area contributed by atoms with Crippen molar-refractivity contribution in [2.45, 2.75) is 43.9 Å². The molecule has 1 fully saturated rings. The number of H-pyrrole nitrogens is 2. The smallest absolute Gasteiger partial charge is 0.349 e. The number of nitrogens with one attached hydrogen (secondary N) is 3. The Labute approximate surface area is 210 Å². The lowest BCUT2D eigenvalue weighted by Gasteiger charge is -2.44. The average Bonchev–Trinajstić information content (AvgIpc) is 3.27. The number of benzene rings is 2. The van der Waals surface area contributed by atoms with Gasteiger partial charge in [-0.3, -0.25) is 10.3 Å². The van der Waals surface area contributed by atoms with Crippen LogP contribution in [0.3, 0.4) is 0 Å². The molecule has 3 atom stereocenters. The topological polar surface area (TPSA) is 101 Å². The standard InChI is InChI=1S/C23H21F7N4O4/c1-12(13-8-15(22(25,26)27)10-16(9-13)23(28,29)30)38-19-21(37-7-6-36-19,14-2-4-17(24)5-3-14)31-11-18-32-20(35)34-33-18/h2-5,8-10,12,19,31H,6-7,11H2,1H3,(H2,32,33,34,35)/t12-,19-,21?/m1/s1. The first kappa shape index (κ1) is 27.8. The van der Waals surface area contributed by atoms with E-state index in [1.54, 1.807) is 0 Å². The van der Waals surface area contributed by atoms with E-state index in [0.29, 0.717) is 12.1 Å². The van der Waals surface area contributed by atoms with Gasteiger partial charge in [-0.1, -0.05) is 12.1 Å². The van der Waals surface area contributed by atoms with Crippen LogP contribution in [-0.2, 0) is 38.8 Å². The molecule has 2 aromatic carbocycles. The first-order valence-corrected chi connectivity index (χ1v) is 11.1. The van der Waals surface area contributed by atoms with Gasteiger partial charge in [-0.05, 0) is 42.8 Å². The van der Waals surface area contributed by atoms with Crippen LogP contribution in [0.2, 0.25) is 0 Å². The van der Waals surface area contributed by atoms with Gasteiger partial charge in [0, 0.05) is 5.56 Å². The Bertz CT molecular complexity index is 1270. The number of ether oxygens (including phenoxy) is 3. The average molecular weight is 550 g/mol. The van der Waals surface area contributed by atoms with E-state index in [-0.39, 0.29) is 37.2 Å². The van der Waals surface area contributed by atoms with Crippen LogP contribution in [0.1, 0.15) is 41.1 Å². The van der Waals surface area contributed by atoms with Gasteiger partial charge in [0.15, 0.2) is 5.72 Å². The quantitative estimate of drug-likeness (QED) is 0.378. The van der Waals surface area contributed by atoms with E-state index in [0.717, 1.165) is 12.1 Å². The highest BCUT2D eigenvalue weighted by molar-refractivity contribution is 5.35. The molecule has 0 spiro atoms. The molecule has 1 saturated heterocycles. The van der Waals surface area contributed by atoms with E-state index in [4.69, 9.17) is 14.2 Å². The summed E-state index contributed by atoms with van der Waals surface area (Å²) >= 11 is 0. The van der Waals surface area contributed by atoms with Crippen LogP contribution in [0, 0.1) is 5.82 Å². The lowest BCUT2D eigenvalue weighted by atomic mass is 9.99. The van der Waals surface area contributed by atoms with Crippen molar-refractivity contribution in [3.63, 3.8) is 0 Å². The van der Waals surface area contributed by atoms with Crippen LogP contribution in [0.4, 0.5) is 30.7 Å². The number of alkyl halides is 6. The molecule has 1 unspecified atom stereocenters. The molecule has 3 aromatic rings. The van der Waals surface area contributed by atoms with Crippen LogP contribution < -0.4 is 11.0 Å². The van der Waals surface area contributed by atoms with Crippen molar-refractivity contribution in [3.05, 3.63) is 86.8 Å². The monoisotopic (exact) mass is 550 g/mol. The Morgan fingerprint density at radius 2 is 1.71 bits per heavy atom. The zero-order valence-corrected chi connectivity index (χ0v) is 19.5. The number of aromatic nitrogens is 3. The van der Waals surface area contributed by atoms with Gasteiger partial charge in [0.05, 0.1) is 37.0 Å². The van der Waals surface area contributed by atoms with Gasteiger partial charge in [-0.2, -0.15) is 31.4 Å². The van der Waals surface area contributed by atoms with Gasteiger partial charge in [0.25, 0.3) is 0 Å². The Balaban J connectivity index is 1.70. The molecule has 2 heterocycles. The van der Waals surface area contributed by atoms with Gasteiger partial charge in [0.1, 0.15) is 11.6 Å². The first-order chi connectivity index (χ1) is 17.8. The Hall–Kier alpha value is -3.27. The van der Waals surface area contributed by atoms with Gasteiger partial charge in [-0.15, -0.1) is 0 Å². The maximum atomic E-state index is 13.7. The van der Waals surface area contributed by atoms with E-state index >= 15 is 0 Å². The highest BCUT2D eigenvalue weighted by Gasteiger charge is 2.47. The maximum Gasteiger partial charge on any atom is 0.416 e. The molecule has 0 bridgehead atoms. The number of rotatable bonds is 7. The fraction of sp³-hybridized carbons (Fsp3) is 0.391. The lowest BCUT2D eigenvalue weighted by Crippen LogP contribution is -2.59. The van der Waals surface area contributed by atoms with Crippen LogP contribution in [0.25, 0.3) is 0 Å². The summed E-state index contributed by atoms with van der Waals surface area (Å²) in [5.74, 6) is -0.433. The third kappa shape index (κ3) is 6.06. The highest BCUT2D eigenvalue weighted by atomic mass is 19.4. The summed E-state index contributed by atoms with van der Waals surface area (Å²) in [6.07, 6.45) is -12.9. The van der Waals surface area contributed by atoms with Crippen LogP contribution >= 0.6 is 0 Å². The summed E-state index contributed by atoms with van der Waals surface area (Å²) in [6.45, 7) is 1.08. The second-order valence-electron chi connectivity index (χ2n) is 8.39. The number of nitrogens with zero attached hydrogens (tertiary/aromatic N) is 1. The molecule has 1 aromatic heterocycles. The Morgan fingerprint density at radius 3 is 2.26 bits per heavy atom. The number of hydrogen-bond acceptors (Lipinski definition) is 6. The van der Waals surface area contributed by atoms with Crippen molar-refractivity contribution in [1.82, 2.24) is 20.5 Å². The summed E-state index contributed by atoms with van der Waals surface area (Å²) in [5.41, 5.74) is -5.44. The van der Waals surface area contributed by atoms with Crippen molar-refractivity contribution in [2.75, 3.05) is 13.2 Å². The van der Waals surface area contributed by atoms with Crippen LogP contribution in [-0.4, -0.2) is 34.7 Å². The molecule has 15 heteroatoms. The SMILES string of the molecule is C[C@@H](O[C@H]1OCCOC1(NCc1n[nH]c(=O)[nH]1)c1ccc(F)cc1)c1cc(C(F)(F)F)cc(C(F)(F)F)c1. The van der Waals surface area contributed by atoms with E-state index in [1.807, 2.05) is 0 Å². The number of aromatic amines is 2. The van der Waals surface area contributed by atoms with Crippen LogP contribution in [0.15, 0.2) is 47.3 Å². The van der Waals surface area contributed by atoms with E-state index in [9.17, 15) is 35.5 Å². The minimum atomic E-state index is -5.04. The van der Waals surface area contributed by atoms with Gasteiger partial charge >= 0.3 is 18.0 Å². The van der Waals surface area contributed by atoms with Gasteiger partial charge in [-0.25, -0.2) is 14.3 Å². The number of halogens is 7. The maximum absolute atomic E-state index is 13.7. The van der Waals surface area contributed by atoms with Gasteiger partial charge in [0.2, 0.25) is 6.29 Å². The predicted molar refractivity (Wildman–Crippen MR) is 116 cm³/mol. The summed E-state index contributed by atoms with van der Waals surface area (Å²) in [4.78, 5) is 13.8. The van der Waals surface area contributed by atoms with Gasteiger partial charge < -0.3 is 14.2 Å². The molecule has 0 radical (unpaired) electrons. The fourth-order valence-corrected chi connectivity index (χ4v) is 3.91. The lowest BCUT2D eigenvalue weighted by molar-refractivity contribution is -0.324. The molecule has 206 valence electrons. The molecular formula is C23H21F7N4O4. The first-order valence-electron chi connectivity index (χ1n) is 11.1. The largest absolute Gasteiger partial charge is 0.416 e. The number of hydrogen-bond donors (Lipinski definition) is 3. The van der Waals surface area contributed by atoms with E-state index in [2.05, 4.69) is 20.5 Å². The molecule has 0 amide bonds. The summed E-state index contributed by atoms with van der Waals surface area (Å²) in [7, 11) is 0. The van der Waals surface area contributed by atoms with E-state index in [1.165, 1.54) is 19.1 Å². The second kappa shape index (κ2) is 10.5. The zero-order valence-electron chi connectivity index (χ0n) is 19.5. The summed E-state index contributed by atoms with van der Waals surface area (Å²) < 4.78 is 111. The van der Waals surface area contributed by atoms with Crippen molar-refractivity contribution in [1.29, 1.82) is 0 Å². The summed E-state index contributed by atoms with van der Waals surface area (Å²) in [5, 5.41) is 8.92. The van der Waals surface area contributed by atoms with Crippen molar-refractivity contribution in [2.24, 2.45) is 0 Å². The third-order valence-electron chi connectivity index (χ3n) is 5.76. The molecule has 38 heavy (non-hydrogen) atoms. The Kier molecular flexibility index (Phi) is 7.65. The normalized spacial score (nSPS) is 21.4. The molecule has 8 nitrogen and oxygen atoms in total. The summed E-state index contributed by atoms with van der Waals surface area (Å²) in [6, 6.07) is 6.07. The van der Waals surface area contributed by atoms with Crippen molar-refractivity contribution in [3.8, 4) is 0 Å². The molecule has 1 aliphatic heterocycles. The molecule has 1 aliphatic rings. The van der Waals surface area contributed by atoms with E-state index < -0.39 is 58.7 Å². The van der Waals surface area contributed by atoms with Crippen molar-refractivity contribution < 1.29 is 44.9 Å². The molecular weight excluding hydrogens is 529 g/mol. The minimum absolute atomic E-state index is 0.00250. The molecule has 0 saturated carbocycles. The van der Waals surface area contributed by atoms with Crippen LogP contribution in [0.5, 0.6) is 0 Å². The minimum Gasteiger partial charge on any atom is -0.349 e. The second-order valence-corrected chi connectivity index (χ2v) is 8.39. The fourth-order valence-electron chi connectivity index (χ4n) is 3.91. The molecule has 3 N–H and O–H groups in total. The molecule has 0 aliphatic carbocycles. The Morgan fingerprint density at radius 1 is 1.08 bits per heavy atom.